The Kier molecular flexibility index (Phi) is 10.6. The SMILES string of the molecule is CC(=O)O[C@@H](C)/C=C\C(=O)N[C@@H]1C[C@H](C)[C@H](C/C=C(C)/C=C/[C@H]2O[C@H](CC(=O)N3CC(O)C3)C[C@@]3(CO3)[C@@H]2O)O[C@@H]1C. The molecule has 4 fully saturated rings. The van der Waals surface area contributed by atoms with Gasteiger partial charge < -0.3 is 39.4 Å². The lowest BCUT2D eigenvalue weighted by molar-refractivity contribution is -0.157. The molecule has 0 aromatic rings. The van der Waals surface area contributed by atoms with Gasteiger partial charge in [0.15, 0.2) is 0 Å². The minimum absolute atomic E-state index is 0.00824. The first-order valence-corrected chi connectivity index (χ1v) is 14.9. The number of aliphatic hydroxyl groups is 2. The van der Waals surface area contributed by atoms with Crippen molar-refractivity contribution in [3.63, 3.8) is 0 Å². The molecule has 0 unspecified atom stereocenters. The molecular weight excluding hydrogens is 544 g/mol. The number of aliphatic hydroxyl groups excluding tert-OH is 2. The van der Waals surface area contributed by atoms with Crippen molar-refractivity contribution in [2.24, 2.45) is 5.92 Å². The lowest BCUT2D eigenvalue weighted by Crippen LogP contribution is -2.55. The molecule has 4 aliphatic heterocycles. The van der Waals surface area contributed by atoms with Crippen molar-refractivity contribution < 1.29 is 43.5 Å². The van der Waals surface area contributed by atoms with E-state index in [0.717, 1.165) is 12.0 Å². The van der Waals surface area contributed by atoms with E-state index in [1.807, 2.05) is 26.0 Å². The maximum atomic E-state index is 12.5. The van der Waals surface area contributed by atoms with E-state index in [4.69, 9.17) is 18.9 Å². The molecule has 4 aliphatic rings. The summed E-state index contributed by atoms with van der Waals surface area (Å²) in [6, 6.07) is -0.129. The highest BCUT2D eigenvalue weighted by atomic mass is 16.6. The largest absolute Gasteiger partial charge is 0.459 e. The van der Waals surface area contributed by atoms with Crippen LogP contribution < -0.4 is 5.32 Å². The van der Waals surface area contributed by atoms with Gasteiger partial charge in [0.05, 0.1) is 43.5 Å². The van der Waals surface area contributed by atoms with Gasteiger partial charge >= 0.3 is 5.97 Å². The van der Waals surface area contributed by atoms with Gasteiger partial charge in [-0.15, -0.1) is 0 Å². The Hall–Kier alpha value is -2.57. The minimum Gasteiger partial charge on any atom is -0.459 e. The summed E-state index contributed by atoms with van der Waals surface area (Å²) in [7, 11) is 0. The fourth-order valence-electron chi connectivity index (χ4n) is 5.87. The van der Waals surface area contributed by atoms with E-state index in [9.17, 15) is 24.6 Å². The van der Waals surface area contributed by atoms with Gasteiger partial charge in [0.2, 0.25) is 11.8 Å². The van der Waals surface area contributed by atoms with Crippen molar-refractivity contribution in [2.45, 2.75) is 115 Å². The zero-order valence-corrected chi connectivity index (χ0v) is 25.2. The van der Waals surface area contributed by atoms with Crippen LogP contribution in [0.15, 0.2) is 36.0 Å². The number of nitrogens with one attached hydrogen (secondary N) is 1. The molecule has 0 aliphatic carbocycles. The van der Waals surface area contributed by atoms with Gasteiger partial charge in [-0.2, -0.15) is 0 Å². The fourth-order valence-corrected chi connectivity index (χ4v) is 5.87. The number of likely N-dealkylation sites (tertiary alicyclic amines) is 1. The van der Waals surface area contributed by atoms with Gasteiger partial charge in [-0.05, 0) is 45.6 Å². The Bertz CT molecular complexity index is 1080. The van der Waals surface area contributed by atoms with Crippen LogP contribution >= 0.6 is 0 Å². The Morgan fingerprint density at radius 3 is 2.50 bits per heavy atom. The molecule has 4 heterocycles. The van der Waals surface area contributed by atoms with Crippen molar-refractivity contribution in [1.29, 1.82) is 0 Å². The van der Waals surface area contributed by atoms with Gasteiger partial charge in [-0.3, -0.25) is 14.4 Å². The van der Waals surface area contributed by atoms with Crippen LogP contribution in [0.3, 0.4) is 0 Å². The number of carbonyl (C=O) groups is 3. The third kappa shape index (κ3) is 8.50. The van der Waals surface area contributed by atoms with Gasteiger partial charge in [0.1, 0.15) is 23.9 Å². The van der Waals surface area contributed by atoms with Crippen LogP contribution in [-0.4, -0.2) is 107 Å². The number of hydrogen-bond acceptors (Lipinski definition) is 9. The van der Waals surface area contributed by atoms with E-state index < -0.39 is 36.0 Å². The van der Waals surface area contributed by atoms with Crippen LogP contribution in [0.25, 0.3) is 0 Å². The lowest BCUT2D eigenvalue weighted by Gasteiger charge is -2.40. The van der Waals surface area contributed by atoms with Crippen molar-refractivity contribution in [3.8, 4) is 0 Å². The molecule has 0 bridgehead atoms. The molecule has 11 nitrogen and oxygen atoms in total. The Morgan fingerprint density at radius 1 is 1.14 bits per heavy atom. The second-order valence-electron chi connectivity index (χ2n) is 12.3. The van der Waals surface area contributed by atoms with Crippen LogP contribution in [0.2, 0.25) is 0 Å². The standard InChI is InChI=1S/C31H46N2O9/c1-18(6-9-26-19(2)12-25(21(4)41-26)32-28(36)11-8-20(3)40-22(5)34)7-10-27-30(38)31(17-39-31)14-24(42-27)13-29(37)33-15-23(35)16-33/h6-8,10-11,19-21,23-27,30,35,38H,9,12-17H2,1-5H3,(H,32,36)/b10-7+,11-8-,18-6+/t19-,20-,21+,24+,25+,26-,27+,30+,31+/m0/s1. The molecule has 3 N–H and O–H groups in total. The molecule has 4 rings (SSSR count). The van der Waals surface area contributed by atoms with E-state index >= 15 is 0 Å². The molecular formula is C31H46N2O9. The molecule has 0 saturated carbocycles. The first kappa shape index (κ1) is 32.3. The zero-order chi connectivity index (χ0) is 30.6. The Labute approximate surface area is 247 Å². The predicted octanol–water partition coefficient (Wildman–Crippen LogP) is 1.57. The third-order valence-electron chi connectivity index (χ3n) is 8.54. The highest BCUT2D eigenvalue weighted by molar-refractivity contribution is 5.87. The fraction of sp³-hybridized carbons (Fsp3) is 0.710. The van der Waals surface area contributed by atoms with E-state index in [1.54, 1.807) is 17.9 Å². The number of carbonyl (C=O) groups excluding carboxylic acids is 3. The lowest BCUT2D eigenvalue weighted by atomic mass is 9.87. The highest BCUT2D eigenvalue weighted by Gasteiger charge is 2.58. The number of esters is 1. The molecule has 2 amide bonds. The summed E-state index contributed by atoms with van der Waals surface area (Å²) >= 11 is 0. The van der Waals surface area contributed by atoms with Crippen molar-refractivity contribution in [1.82, 2.24) is 10.2 Å². The van der Waals surface area contributed by atoms with E-state index in [0.29, 0.717) is 32.5 Å². The number of epoxide rings is 1. The molecule has 42 heavy (non-hydrogen) atoms. The van der Waals surface area contributed by atoms with E-state index in [-0.39, 0.29) is 48.5 Å². The second-order valence-corrected chi connectivity index (χ2v) is 12.3. The van der Waals surface area contributed by atoms with E-state index in [1.165, 1.54) is 13.0 Å². The summed E-state index contributed by atoms with van der Waals surface area (Å²) in [5.74, 6) is -0.494. The molecule has 4 saturated heterocycles. The summed E-state index contributed by atoms with van der Waals surface area (Å²) in [4.78, 5) is 37.5. The number of allylic oxidation sites excluding steroid dienone is 2. The first-order chi connectivity index (χ1) is 19.8. The minimum atomic E-state index is -0.812. The van der Waals surface area contributed by atoms with Crippen molar-refractivity contribution in [3.05, 3.63) is 36.0 Å². The Morgan fingerprint density at radius 2 is 1.86 bits per heavy atom. The van der Waals surface area contributed by atoms with Gasteiger partial charge in [-0.25, -0.2) is 0 Å². The van der Waals surface area contributed by atoms with E-state index in [2.05, 4.69) is 18.3 Å². The molecule has 0 radical (unpaired) electrons. The Balaban J connectivity index is 1.25. The van der Waals surface area contributed by atoms with Crippen LogP contribution in [0.4, 0.5) is 0 Å². The molecule has 9 atom stereocenters. The number of amides is 2. The molecule has 0 aromatic heterocycles. The topological polar surface area (TPSA) is 147 Å². The molecule has 1 spiro atoms. The third-order valence-corrected chi connectivity index (χ3v) is 8.54. The van der Waals surface area contributed by atoms with Crippen LogP contribution in [0.5, 0.6) is 0 Å². The number of β-amino-alcohol motifs (C(OH)–C–C–N with tert-alkyl or cyclic N) is 1. The average molecular weight is 591 g/mol. The second kappa shape index (κ2) is 13.8. The van der Waals surface area contributed by atoms with Crippen LogP contribution in [-0.2, 0) is 33.3 Å². The predicted molar refractivity (Wildman–Crippen MR) is 153 cm³/mol. The van der Waals surface area contributed by atoms with Gasteiger partial charge in [0.25, 0.3) is 0 Å². The maximum absolute atomic E-state index is 12.5. The average Bonchev–Trinajstić information content (AvgIpc) is 3.67. The number of ether oxygens (including phenoxy) is 4. The highest BCUT2D eigenvalue weighted by Crippen LogP contribution is 2.43. The number of rotatable bonds is 10. The number of hydrogen-bond donors (Lipinski definition) is 3. The van der Waals surface area contributed by atoms with Crippen molar-refractivity contribution >= 4 is 17.8 Å². The smallest absolute Gasteiger partial charge is 0.303 e. The summed E-state index contributed by atoms with van der Waals surface area (Å²) in [5.41, 5.74) is 0.337. The summed E-state index contributed by atoms with van der Waals surface area (Å²) in [5, 5.41) is 23.4. The monoisotopic (exact) mass is 590 g/mol. The van der Waals surface area contributed by atoms with Crippen molar-refractivity contribution in [2.75, 3.05) is 19.7 Å². The quantitative estimate of drug-likeness (QED) is 0.149. The summed E-state index contributed by atoms with van der Waals surface area (Å²) in [6.07, 6.45) is 8.05. The van der Waals surface area contributed by atoms with Crippen LogP contribution in [0, 0.1) is 5.92 Å². The number of nitrogens with zero attached hydrogens (tertiary/aromatic N) is 1. The van der Waals surface area contributed by atoms with Gasteiger partial charge in [0, 0.05) is 32.5 Å². The zero-order valence-electron chi connectivity index (χ0n) is 25.2. The maximum Gasteiger partial charge on any atom is 0.303 e. The normalized spacial score (nSPS) is 36.2. The van der Waals surface area contributed by atoms with Gasteiger partial charge in [-0.1, -0.05) is 30.7 Å². The molecule has 0 aromatic carbocycles. The summed E-state index contributed by atoms with van der Waals surface area (Å²) < 4.78 is 23.0. The molecule has 234 valence electrons. The van der Waals surface area contributed by atoms with Crippen LogP contribution in [0.1, 0.15) is 60.3 Å². The first-order valence-electron chi connectivity index (χ1n) is 14.9. The molecule has 11 heteroatoms. The summed E-state index contributed by atoms with van der Waals surface area (Å²) in [6.45, 7) is 10.2.